The number of benzene rings is 1. The fourth-order valence-corrected chi connectivity index (χ4v) is 2.02. The highest BCUT2D eigenvalue weighted by atomic mass is 16.5. The molecule has 0 aliphatic heterocycles. The maximum atomic E-state index is 12.3. The Morgan fingerprint density at radius 3 is 2.39 bits per heavy atom. The molecule has 0 aliphatic rings. The van der Waals surface area contributed by atoms with E-state index in [2.05, 4.69) is 15.4 Å². The van der Waals surface area contributed by atoms with Gasteiger partial charge in [-0.15, -0.1) is 0 Å². The first-order valence-corrected chi connectivity index (χ1v) is 7.70. The van der Waals surface area contributed by atoms with Crippen LogP contribution in [0, 0.1) is 5.92 Å². The van der Waals surface area contributed by atoms with E-state index in [9.17, 15) is 14.4 Å². The van der Waals surface area contributed by atoms with Crippen molar-refractivity contribution in [3.05, 3.63) is 35.9 Å². The first-order valence-electron chi connectivity index (χ1n) is 7.70. The highest BCUT2D eigenvalue weighted by Crippen LogP contribution is 2.09. The number of amides is 2. The SMILES string of the molecule is CCC(C)C(NC(=O)c1ccccc1)C(=O)NCCC(=O)OC. The van der Waals surface area contributed by atoms with Gasteiger partial charge in [0.05, 0.1) is 13.5 Å². The van der Waals surface area contributed by atoms with Crippen molar-refractivity contribution >= 4 is 17.8 Å². The lowest BCUT2D eigenvalue weighted by molar-refractivity contribution is -0.140. The van der Waals surface area contributed by atoms with Gasteiger partial charge in [0.15, 0.2) is 0 Å². The van der Waals surface area contributed by atoms with Crippen LogP contribution in [0.1, 0.15) is 37.0 Å². The molecule has 23 heavy (non-hydrogen) atoms. The van der Waals surface area contributed by atoms with Gasteiger partial charge in [-0.25, -0.2) is 0 Å². The Balaban J connectivity index is 2.67. The van der Waals surface area contributed by atoms with Crippen molar-refractivity contribution in [2.75, 3.05) is 13.7 Å². The quantitative estimate of drug-likeness (QED) is 0.711. The van der Waals surface area contributed by atoms with Crippen LogP contribution in [0.2, 0.25) is 0 Å². The topological polar surface area (TPSA) is 84.5 Å². The number of carbonyl (C=O) groups is 3. The summed E-state index contributed by atoms with van der Waals surface area (Å²) in [4.78, 5) is 35.6. The molecule has 2 N–H and O–H groups in total. The molecule has 0 aromatic heterocycles. The third-order valence-electron chi connectivity index (χ3n) is 3.67. The molecular weight excluding hydrogens is 296 g/mol. The first kappa shape index (κ1) is 18.7. The summed E-state index contributed by atoms with van der Waals surface area (Å²) >= 11 is 0. The molecule has 6 heteroatoms. The minimum Gasteiger partial charge on any atom is -0.469 e. The van der Waals surface area contributed by atoms with Crippen LogP contribution in [0.15, 0.2) is 30.3 Å². The maximum Gasteiger partial charge on any atom is 0.307 e. The van der Waals surface area contributed by atoms with Crippen molar-refractivity contribution in [1.82, 2.24) is 10.6 Å². The van der Waals surface area contributed by atoms with E-state index in [-0.39, 0.29) is 30.7 Å². The van der Waals surface area contributed by atoms with E-state index in [0.29, 0.717) is 5.56 Å². The van der Waals surface area contributed by atoms with Crippen molar-refractivity contribution in [3.63, 3.8) is 0 Å². The number of methoxy groups -OCH3 is 1. The molecule has 0 fully saturated rings. The summed E-state index contributed by atoms with van der Waals surface area (Å²) in [6, 6.07) is 8.09. The smallest absolute Gasteiger partial charge is 0.307 e. The molecule has 1 aromatic rings. The van der Waals surface area contributed by atoms with E-state index in [1.165, 1.54) is 7.11 Å². The number of ether oxygens (including phenoxy) is 1. The molecule has 0 aliphatic carbocycles. The van der Waals surface area contributed by atoms with Crippen LogP contribution in [0.4, 0.5) is 0 Å². The van der Waals surface area contributed by atoms with Crippen LogP contribution in [-0.4, -0.2) is 37.5 Å². The Labute approximate surface area is 136 Å². The maximum absolute atomic E-state index is 12.3. The fourth-order valence-electron chi connectivity index (χ4n) is 2.02. The van der Waals surface area contributed by atoms with Gasteiger partial charge < -0.3 is 15.4 Å². The number of carbonyl (C=O) groups excluding carboxylic acids is 3. The lowest BCUT2D eigenvalue weighted by atomic mass is 9.98. The van der Waals surface area contributed by atoms with E-state index in [1.807, 2.05) is 19.9 Å². The van der Waals surface area contributed by atoms with Gasteiger partial charge in [-0.05, 0) is 18.1 Å². The van der Waals surface area contributed by atoms with E-state index >= 15 is 0 Å². The molecular formula is C17H24N2O4. The molecule has 2 amide bonds. The summed E-state index contributed by atoms with van der Waals surface area (Å²) in [6.45, 7) is 4.03. The van der Waals surface area contributed by atoms with Gasteiger partial charge in [0.25, 0.3) is 5.91 Å². The van der Waals surface area contributed by atoms with Crippen LogP contribution < -0.4 is 10.6 Å². The van der Waals surface area contributed by atoms with Crippen LogP contribution in [0.25, 0.3) is 0 Å². The predicted molar refractivity (Wildman–Crippen MR) is 86.8 cm³/mol. The zero-order chi connectivity index (χ0) is 17.2. The minimum atomic E-state index is -0.648. The summed E-state index contributed by atoms with van der Waals surface area (Å²) in [5.41, 5.74) is 0.503. The number of esters is 1. The molecule has 1 aromatic carbocycles. The van der Waals surface area contributed by atoms with Crippen LogP contribution in [0.5, 0.6) is 0 Å². The Hall–Kier alpha value is -2.37. The molecule has 0 spiro atoms. The Bertz CT molecular complexity index is 531. The van der Waals surface area contributed by atoms with Crippen LogP contribution >= 0.6 is 0 Å². The fraction of sp³-hybridized carbons (Fsp3) is 0.471. The van der Waals surface area contributed by atoms with E-state index in [1.54, 1.807) is 24.3 Å². The van der Waals surface area contributed by atoms with Gasteiger partial charge in [0.1, 0.15) is 6.04 Å². The van der Waals surface area contributed by atoms with Gasteiger partial charge in [0.2, 0.25) is 5.91 Å². The molecule has 0 radical (unpaired) electrons. The summed E-state index contributed by atoms with van der Waals surface area (Å²) in [5.74, 6) is -1.01. The molecule has 0 bridgehead atoms. The standard InChI is InChI=1S/C17H24N2O4/c1-4-12(2)15(17(22)18-11-10-14(20)23-3)19-16(21)13-8-6-5-7-9-13/h5-9,12,15H,4,10-11H2,1-3H3,(H,18,22)(H,19,21). The molecule has 126 valence electrons. The van der Waals surface area contributed by atoms with E-state index < -0.39 is 12.0 Å². The highest BCUT2D eigenvalue weighted by Gasteiger charge is 2.26. The molecule has 2 unspecified atom stereocenters. The second-order valence-electron chi connectivity index (χ2n) is 5.32. The normalized spacial score (nSPS) is 12.8. The Morgan fingerprint density at radius 1 is 1.17 bits per heavy atom. The minimum absolute atomic E-state index is 0.0270. The third kappa shape index (κ3) is 6.10. The third-order valence-corrected chi connectivity index (χ3v) is 3.67. The predicted octanol–water partition coefficient (Wildman–Crippen LogP) is 1.51. The molecule has 0 heterocycles. The molecule has 6 nitrogen and oxygen atoms in total. The van der Waals surface area contributed by atoms with E-state index in [0.717, 1.165) is 6.42 Å². The zero-order valence-electron chi connectivity index (χ0n) is 13.8. The largest absolute Gasteiger partial charge is 0.469 e. The number of nitrogens with one attached hydrogen (secondary N) is 2. The summed E-state index contributed by atoms with van der Waals surface area (Å²) in [6.07, 6.45) is 0.840. The Kier molecular flexibility index (Phi) is 7.80. The van der Waals surface area contributed by atoms with Crippen molar-refractivity contribution in [3.8, 4) is 0 Å². The van der Waals surface area contributed by atoms with Gasteiger partial charge in [-0.1, -0.05) is 38.5 Å². The monoisotopic (exact) mass is 320 g/mol. The van der Waals surface area contributed by atoms with Gasteiger partial charge in [0, 0.05) is 12.1 Å². The average molecular weight is 320 g/mol. The van der Waals surface area contributed by atoms with Crippen LogP contribution in [-0.2, 0) is 14.3 Å². The lowest BCUT2D eigenvalue weighted by Crippen LogP contribution is -2.50. The number of hydrogen-bond donors (Lipinski definition) is 2. The van der Waals surface area contributed by atoms with Gasteiger partial charge in [-0.2, -0.15) is 0 Å². The second kappa shape index (κ2) is 9.61. The summed E-state index contributed by atoms with van der Waals surface area (Å²) in [5, 5.41) is 5.43. The highest BCUT2D eigenvalue weighted by molar-refractivity contribution is 5.97. The summed E-state index contributed by atoms with van der Waals surface area (Å²) in [7, 11) is 1.30. The van der Waals surface area contributed by atoms with Crippen LogP contribution in [0.3, 0.4) is 0 Å². The summed E-state index contributed by atoms with van der Waals surface area (Å²) < 4.78 is 4.52. The lowest BCUT2D eigenvalue weighted by Gasteiger charge is -2.23. The van der Waals surface area contributed by atoms with Gasteiger partial charge in [-0.3, -0.25) is 14.4 Å². The van der Waals surface area contributed by atoms with Crippen molar-refractivity contribution < 1.29 is 19.1 Å². The molecule has 1 rings (SSSR count). The molecule has 2 atom stereocenters. The van der Waals surface area contributed by atoms with E-state index in [4.69, 9.17) is 0 Å². The molecule has 0 saturated carbocycles. The number of hydrogen-bond acceptors (Lipinski definition) is 4. The van der Waals surface area contributed by atoms with Crippen molar-refractivity contribution in [2.24, 2.45) is 5.92 Å². The van der Waals surface area contributed by atoms with Gasteiger partial charge >= 0.3 is 5.97 Å². The zero-order valence-corrected chi connectivity index (χ0v) is 13.8. The van der Waals surface area contributed by atoms with Crippen molar-refractivity contribution in [1.29, 1.82) is 0 Å². The molecule has 0 saturated heterocycles. The first-order chi connectivity index (χ1) is 11.0. The Morgan fingerprint density at radius 2 is 1.83 bits per heavy atom. The second-order valence-corrected chi connectivity index (χ2v) is 5.32. The number of rotatable bonds is 8. The average Bonchev–Trinajstić information content (AvgIpc) is 2.59. The van der Waals surface area contributed by atoms with Crippen molar-refractivity contribution in [2.45, 2.75) is 32.7 Å².